The quantitative estimate of drug-likeness (QED) is 0.240. The third-order valence-electron chi connectivity index (χ3n) is 10.5. The Kier molecular flexibility index (Phi) is 11.4. The third kappa shape index (κ3) is 9.04. The van der Waals surface area contributed by atoms with E-state index in [9.17, 15) is 19.5 Å². The molecule has 50 heavy (non-hydrogen) atoms. The average Bonchev–Trinajstić information content (AvgIpc) is 3.64. The Labute approximate surface area is 295 Å². The van der Waals surface area contributed by atoms with Gasteiger partial charge in [0.15, 0.2) is 0 Å². The number of ether oxygens (including phenoxy) is 1. The van der Waals surface area contributed by atoms with E-state index in [1.165, 1.54) is 19.0 Å². The van der Waals surface area contributed by atoms with Crippen molar-refractivity contribution in [1.82, 2.24) is 30.8 Å². The van der Waals surface area contributed by atoms with Crippen LogP contribution in [-0.4, -0.2) is 93.8 Å². The fourth-order valence-corrected chi connectivity index (χ4v) is 7.91. The van der Waals surface area contributed by atoms with Crippen LogP contribution in [0.15, 0.2) is 60.8 Å². The van der Waals surface area contributed by atoms with Crippen molar-refractivity contribution in [2.75, 3.05) is 26.3 Å². The Morgan fingerprint density at radius 2 is 1.68 bits per heavy atom. The van der Waals surface area contributed by atoms with Crippen molar-refractivity contribution in [3.05, 3.63) is 72.1 Å². The molecule has 3 fully saturated rings. The minimum Gasteiger partial charge on any atom is -0.390 e. The van der Waals surface area contributed by atoms with Gasteiger partial charge in [-0.25, -0.2) is 4.98 Å². The molecule has 1 aliphatic carbocycles. The number of aliphatic hydroxyl groups excluding tert-OH is 1. The zero-order valence-corrected chi connectivity index (χ0v) is 29.5. The first-order chi connectivity index (χ1) is 24.0. The smallest absolute Gasteiger partial charge is 0.272 e. The molecule has 1 saturated carbocycles. The van der Waals surface area contributed by atoms with Crippen molar-refractivity contribution < 1.29 is 24.2 Å². The number of aliphatic hydroxyl groups is 1. The molecule has 1 aromatic heterocycles. The normalized spacial score (nSPS) is 24.5. The van der Waals surface area contributed by atoms with E-state index in [1.807, 2.05) is 69.3 Å². The summed E-state index contributed by atoms with van der Waals surface area (Å²) in [5.41, 5.74) is 1.96. The standard InChI is InChI=1S/C39H52N6O5/c1-39(2,3)44-37(48)33-20-26-13-7-8-14-27(26)22-45(33)23-34(46)31(19-25-11-5-4-6-12-25)42-38(49)35(28-17-18-50-24-28)43-36(47)32-21-40-29-15-9-10-16-30(29)41-32/h4-6,9-12,15-16,21,26-28,31,33-35,46H,7-8,13-14,17-20,22-24H2,1-3H3,(H,42,49)(H,43,47)(H,44,48)/t26-,27+,28-,31-,33-,34+,35-/m0/s1. The zero-order valence-electron chi connectivity index (χ0n) is 29.5. The number of carbonyl (C=O) groups is 3. The van der Waals surface area contributed by atoms with Gasteiger partial charge in [-0.05, 0) is 76.0 Å². The van der Waals surface area contributed by atoms with Gasteiger partial charge in [-0.3, -0.25) is 24.3 Å². The third-order valence-corrected chi connectivity index (χ3v) is 10.5. The number of aromatic nitrogens is 2. The number of likely N-dealkylation sites (tertiary alicyclic amines) is 1. The van der Waals surface area contributed by atoms with Crippen molar-refractivity contribution >= 4 is 28.8 Å². The molecule has 3 aromatic rings. The van der Waals surface area contributed by atoms with Crippen molar-refractivity contribution in [3.8, 4) is 0 Å². The molecule has 3 amide bonds. The van der Waals surface area contributed by atoms with Crippen LogP contribution in [-0.2, 0) is 20.7 Å². The van der Waals surface area contributed by atoms with Gasteiger partial charge in [0.2, 0.25) is 11.8 Å². The second-order valence-electron chi connectivity index (χ2n) is 15.4. The number of amides is 3. The summed E-state index contributed by atoms with van der Waals surface area (Å²) in [4.78, 5) is 52.4. The molecule has 0 spiro atoms. The first-order valence-electron chi connectivity index (χ1n) is 18.2. The van der Waals surface area contributed by atoms with E-state index >= 15 is 0 Å². The van der Waals surface area contributed by atoms with Crippen LogP contribution in [0.4, 0.5) is 0 Å². The number of rotatable bonds is 11. The minimum absolute atomic E-state index is 0.0156. The maximum absolute atomic E-state index is 14.2. The summed E-state index contributed by atoms with van der Waals surface area (Å²) < 4.78 is 5.64. The van der Waals surface area contributed by atoms with Crippen LogP contribution in [0.5, 0.6) is 0 Å². The van der Waals surface area contributed by atoms with Gasteiger partial charge in [0.25, 0.3) is 5.91 Å². The van der Waals surface area contributed by atoms with E-state index in [-0.39, 0.29) is 35.6 Å². The Balaban J connectivity index is 1.22. The van der Waals surface area contributed by atoms with Crippen molar-refractivity contribution in [2.45, 2.75) is 95.5 Å². The minimum atomic E-state index is -0.980. The number of nitrogens with zero attached hydrogens (tertiary/aromatic N) is 3. The fourth-order valence-electron chi connectivity index (χ4n) is 7.91. The molecule has 2 aliphatic heterocycles. The molecule has 6 rings (SSSR count). The number of β-amino-alcohol motifs (C(OH)–C–C–N with tert-alkyl or cyclic N) is 1. The average molecular weight is 685 g/mol. The highest BCUT2D eigenvalue weighted by Gasteiger charge is 2.42. The van der Waals surface area contributed by atoms with E-state index in [2.05, 4.69) is 30.8 Å². The van der Waals surface area contributed by atoms with Gasteiger partial charge in [-0.2, -0.15) is 0 Å². The monoisotopic (exact) mass is 684 g/mol. The molecular formula is C39H52N6O5. The van der Waals surface area contributed by atoms with Crippen molar-refractivity contribution in [3.63, 3.8) is 0 Å². The SMILES string of the molecule is CC(C)(C)NC(=O)[C@@H]1C[C@@H]2CCCC[C@@H]2CN1C[C@@H](O)[C@H](Cc1ccccc1)NC(=O)[C@@H](NC(=O)c1cnc2ccccc2n1)[C@H]1CCOC1. The summed E-state index contributed by atoms with van der Waals surface area (Å²) in [6, 6.07) is 15.1. The lowest BCUT2D eigenvalue weighted by Gasteiger charge is -2.47. The van der Waals surface area contributed by atoms with Crippen LogP contribution in [0, 0.1) is 17.8 Å². The highest BCUT2D eigenvalue weighted by atomic mass is 16.5. The van der Waals surface area contributed by atoms with Crippen LogP contribution >= 0.6 is 0 Å². The Morgan fingerprint density at radius 1 is 0.960 bits per heavy atom. The zero-order chi connectivity index (χ0) is 35.3. The molecule has 0 bridgehead atoms. The maximum atomic E-state index is 14.2. The van der Waals surface area contributed by atoms with Gasteiger partial charge in [0, 0.05) is 31.2 Å². The highest BCUT2D eigenvalue weighted by molar-refractivity contribution is 5.97. The molecule has 11 nitrogen and oxygen atoms in total. The van der Waals surface area contributed by atoms with Crippen LogP contribution in [0.1, 0.15) is 75.3 Å². The lowest BCUT2D eigenvalue weighted by atomic mass is 9.72. The lowest BCUT2D eigenvalue weighted by molar-refractivity contribution is -0.133. The van der Waals surface area contributed by atoms with Crippen molar-refractivity contribution in [1.29, 1.82) is 0 Å². The van der Waals surface area contributed by atoms with Gasteiger partial charge >= 0.3 is 0 Å². The van der Waals surface area contributed by atoms with Gasteiger partial charge in [-0.1, -0.05) is 61.7 Å². The van der Waals surface area contributed by atoms with E-state index < -0.39 is 30.0 Å². The molecule has 3 heterocycles. The van der Waals surface area contributed by atoms with E-state index in [1.54, 1.807) is 6.07 Å². The lowest BCUT2D eigenvalue weighted by Crippen LogP contribution is -2.61. The van der Waals surface area contributed by atoms with Gasteiger partial charge in [-0.15, -0.1) is 0 Å². The molecule has 4 N–H and O–H groups in total. The summed E-state index contributed by atoms with van der Waals surface area (Å²) >= 11 is 0. The van der Waals surface area contributed by atoms with Crippen molar-refractivity contribution in [2.24, 2.45) is 17.8 Å². The fraction of sp³-hybridized carbons (Fsp3) is 0.564. The summed E-state index contributed by atoms with van der Waals surface area (Å²) in [6.07, 6.45) is 6.83. The number of benzene rings is 2. The number of nitrogens with one attached hydrogen (secondary N) is 3. The van der Waals surface area contributed by atoms with Gasteiger partial charge in [0.1, 0.15) is 11.7 Å². The molecule has 268 valence electrons. The number of fused-ring (bicyclic) bond motifs is 2. The number of para-hydroxylation sites is 2. The molecule has 0 unspecified atom stereocenters. The van der Waals surface area contributed by atoms with Gasteiger partial charge in [0.05, 0.1) is 42.0 Å². The summed E-state index contributed by atoms with van der Waals surface area (Å²) in [6.45, 7) is 7.75. The second kappa shape index (κ2) is 16.0. The molecule has 7 atom stereocenters. The van der Waals surface area contributed by atoms with E-state index in [0.717, 1.165) is 31.4 Å². The maximum Gasteiger partial charge on any atom is 0.272 e. The predicted molar refractivity (Wildman–Crippen MR) is 191 cm³/mol. The summed E-state index contributed by atoms with van der Waals surface area (Å²) in [5, 5.41) is 21.2. The number of piperidine rings is 1. The van der Waals surface area contributed by atoms with Gasteiger partial charge < -0.3 is 25.8 Å². The van der Waals surface area contributed by atoms with E-state index in [4.69, 9.17) is 4.74 Å². The number of carbonyl (C=O) groups excluding carboxylic acids is 3. The molecule has 3 aliphatic rings. The first kappa shape index (κ1) is 35.9. The second-order valence-corrected chi connectivity index (χ2v) is 15.4. The topological polar surface area (TPSA) is 146 Å². The van der Waals surface area contributed by atoms with E-state index in [0.29, 0.717) is 48.9 Å². The Morgan fingerprint density at radius 3 is 2.40 bits per heavy atom. The van der Waals surface area contributed by atoms with Crippen LogP contribution in [0.3, 0.4) is 0 Å². The molecule has 2 aromatic carbocycles. The first-order valence-corrected chi connectivity index (χ1v) is 18.2. The molecule has 2 saturated heterocycles. The summed E-state index contributed by atoms with van der Waals surface area (Å²) in [5.74, 6) is -0.181. The number of hydrogen-bond donors (Lipinski definition) is 4. The van der Waals surface area contributed by atoms with Crippen LogP contribution in [0.2, 0.25) is 0 Å². The summed E-state index contributed by atoms with van der Waals surface area (Å²) in [7, 11) is 0. The Bertz CT molecular complexity index is 1620. The molecule has 0 radical (unpaired) electrons. The molecular weight excluding hydrogens is 632 g/mol. The largest absolute Gasteiger partial charge is 0.390 e. The Hall–Kier alpha value is -3.93. The van der Waals surface area contributed by atoms with Crippen LogP contribution in [0.25, 0.3) is 11.0 Å². The highest BCUT2D eigenvalue weighted by Crippen LogP contribution is 2.39. The number of hydrogen-bond acceptors (Lipinski definition) is 8. The predicted octanol–water partition coefficient (Wildman–Crippen LogP) is 3.65. The molecule has 11 heteroatoms. The van der Waals surface area contributed by atoms with Crippen LogP contribution < -0.4 is 16.0 Å².